The molecule has 0 radical (unpaired) electrons. The largest absolute Gasteiger partial charge is 0.383 e. The molecule has 0 aliphatic rings. The summed E-state index contributed by atoms with van der Waals surface area (Å²) in [6.45, 7) is 1.77. The molecule has 2 rings (SSSR count). The normalized spacial score (nSPS) is 12.8. The number of hydrogen-bond acceptors (Lipinski definition) is 3. The number of nitrogens with two attached hydrogens (primary N) is 1. The van der Waals surface area contributed by atoms with Crippen molar-refractivity contribution >= 4 is 29.9 Å². The van der Waals surface area contributed by atoms with Crippen LogP contribution in [0.2, 0.25) is 5.02 Å². The van der Waals surface area contributed by atoms with Gasteiger partial charge < -0.3 is 15.8 Å². The van der Waals surface area contributed by atoms with Gasteiger partial charge >= 0.3 is 0 Å². The fourth-order valence-electron chi connectivity index (χ4n) is 2.40. The minimum atomic E-state index is -0.804. The van der Waals surface area contributed by atoms with E-state index in [0.29, 0.717) is 16.1 Å². The van der Waals surface area contributed by atoms with Gasteiger partial charge in [-0.15, -0.1) is 12.4 Å². The first-order valence-corrected chi connectivity index (χ1v) is 7.87. The van der Waals surface area contributed by atoms with E-state index < -0.39 is 12.1 Å². The van der Waals surface area contributed by atoms with Gasteiger partial charge in [0, 0.05) is 12.1 Å². The van der Waals surface area contributed by atoms with Crippen LogP contribution in [0, 0.1) is 12.7 Å². The maximum atomic E-state index is 13.6. The van der Waals surface area contributed by atoms with Crippen molar-refractivity contribution < 1.29 is 13.9 Å². The van der Waals surface area contributed by atoms with E-state index in [0.717, 1.165) is 5.56 Å². The van der Waals surface area contributed by atoms with Crippen LogP contribution >= 0.6 is 24.0 Å². The van der Waals surface area contributed by atoms with Crippen molar-refractivity contribution in [2.75, 3.05) is 13.7 Å². The number of carbonyl (C=O) groups excluding carboxylic acids is 1. The highest BCUT2D eigenvalue weighted by atomic mass is 35.5. The predicted molar refractivity (Wildman–Crippen MR) is 99.7 cm³/mol. The summed E-state index contributed by atoms with van der Waals surface area (Å²) in [5, 5.41) is 3.38. The van der Waals surface area contributed by atoms with Gasteiger partial charge in [0.15, 0.2) is 0 Å². The zero-order chi connectivity index (χ0) is 17.7. The average Bonchev–Trinajstić information content (AvgIpc) is 2.56. The Hall–Kier alpha value is -1.66. The first kappa shape index (κ1) is 21.4. The smallest absolute Gasteiger partial charge is 0.240 e. The van der Waals surface area contributed by atoms with Crippen molar-refractivity contribution in [3.05, 3.63) is 70.0 Å². The fraction of sp³-hybridized carbons (Fsp3) is 0.278. The second-order valence-corrected chi connectivity index (χ2v) is 5.94. The van der Waals surface area contributed by atoms with Gasteiger partial charge in [-0.1, -0.05) is 41.9 Å². The molecule has 3 N–H and O–H groups in total. The number of nitrogens with one attached hydrogen (secondary N) is 1. The third-order valence-corrected chi connectivity index (χ3v) is 4.05. The van der Waals surface area contributed by atoms with Crippen LogP contribution in [0.5, 0.6) is 0 Å². The zero-order valence-electron chi connectivity index (χ0n) is 14.0. The molecule has 0 aliphatic heterocycles. The highest BCUT2D eigenvalue weighted by Crippen LogP contribution is 2.29. The van der Waals surface area contributed by atoms with Gasteiger partial charge in [-0.25, -0.2) is 4.39 Å². The molecule has 2 unspecified atom stereocenters. The molecule has 2 aromatic carbocycles. The molecule has 0 spiro atoms. The van der Waals surface area contributed by atoms with Crippen LogP contribution in [0.4, 0.5) is 4.39 Å². The minimum Gasteiger partial charge on any atom is -0.383 e. The monoisotopic (exact) mass is 386 g/mol. The molecular weight excluding hydrogens is 366 g/mol. The quantitative estimate of drug-likeness (QED) is 0.799. The fourth-order valence-corrected chi connectivity index (χ4v) is 2.65. The SMILES string of the molecule is COCC(N)C(=O)NC(c1ccc(F)c(C)c1)c1ccccc1Cl.Cl. The Morgan fingerprint density at radius 3 is 2.60 bits per heavy atom. The van der Waals surface area contributed by atoms with Crippen LogP contribution in [0.3, 0.4) is 0 Å². The van der Waals surface area contributed by atoms with E-state index in [9.17, 15) is 9.18 Å². The standard InChI is InChI=1S/C18H20ClFN2O2.ClH/c1-11-9-12(7-8-15(11)20)17(13-5-3-4-6-14(13)19)22-18(23)16(21)10-24-2;/h3-9,16-17H,10,21H2,1-2H3,(H,22,23);1H. The molecule has 0 fully saturated rings. The molecule has 2 atom stereocenters. The molecule has 1 amide bonds. The molecule has 0 aliphatic carbocycles. The number of carbonyl (C=O) groups is 1. The van der Waals surface area contributed by atoms with E-state index in [1.54, 1.807) is 31.2 Å². The summed E-state index contributed by atoms with van der Waals surface area (Å²) in [6, 6.07) is 10.5. The third kappa shape index (κ3) is 5.41. The lowest BCUT2D eigenvalue weighted by molar-refractivity contribution is -0.123. The van der Waals surface area contributed by atoms with E-state index in [1.165, 1.54) is 13.2 Å². The van der Waals surface area contributed by atoms with Crippen molar-refractivity contribution in [2.24, 2.45) is 5.73 Å². The van der Waals surface area contributed by atoms with Crippen LogP contribution in [-0.4, -0.2) is 25.7 Å². The molecule has 4 nitrogen and oxygen atoms in total. The van der Waals surface area contributed by atoms with Gasteiger partial charge in [0.05, 0.1) is 12.6 Å². The second kappa shape index (κ2) is 9.73. The number of hydrogen-bond donors (Lipinski definition) is 2. The zero-order valence-corrected chi connectivity index (χ0v) is 15.5. The van der Waals surface area contributed by atoms with Crippen LogP contribution in [0.25, 0.3) is 0 Å². The van der Waals surface area contributed by atoms with Crippen molar-refractivity contribution in [3.63, 3.8) is 0 Å². The van der Waals surface area contributed by atoms with E-state index in [1.807, 2.05) is 12.1 Å². The lowest BCUT2D eigenvalue weighted by atomic mass is 9.96. The van der Waals surface area contributed by atoms with Crippen LogP contribution in [0.15, 0.2) is 42.5 Å². The van der Waals surface area contributed by atoms with E-state index in [-0.39, 0.29) is 30.7 Å². The van der Waals surface area contributed by atoms with Gasteiger partial charge in [-0.3, -0.25) is 4.79 Å². The summed E-state index contributed by atoms with van der Waals surface area (Å²) in [4.78, 5) is 12.3. The third-order valence-electron chi connectivity index (χ3n) is 3.70. The van der Waals surface area contributed by atoms with Crippen LogP contribution < -0.4 is 11.1 Å². The number of amides is 1. The van der Waals surface area contributed by atoms with Gasteiger partial charge in [-0.05, 0) is 35.7 Å². The molecule has 0 aromatic heterocycles. The van der Waals surface area contributed by atoms with E-state index in [4.69, 9.17) is 22.1 Å². The lowest BCUT2D eigenvalue weighted by Crippen LogP contribution is -2.45. The van der Waals surface area contributed by atoms with Crippen molar-refractivity contribution in [1.29, 1.82) is 0 Å². The van der Waals surface area contributed by atoms with Crippen LogP contribution in [-0.2, 0) is 9.53 Å². The summed E-state index contributed by atoms with van der Waals surface area (Å²) >= 11 is 6.28. The summed E-state index contributed by atoms with van der Waals surface area (Å²) in [6.07, 6.45) is 0. The highest BCUT2D eigenvalue weighted by molar-refractivity contribution is 6.31. The minimum absolute atomic E-state index is 0. The highest BCUT2D eigenvalue weighted by Gasteiger charge is 2.23. The molecule has 25 heavy (non-hydrogen) atoms. The van der Waals surface area contributed by atoms with Crippen LogP contribution in [0.1, 0.15) is 22.7 Å². The van der Waals surface area contributed by atoms with Crippen molar-refractivity contribution in [2.45, 2.75) is 19.0 Å². The first-order chi connectivity index (χ1) is 11.4. The Kier molecular flexibility index (Phi) is 8.32. The summed E-state index contributed by atoms with van der Waals surface area (Å²) in [5.74, 6) is -0.678. The van der Waals surface area contributed by atoms with Gasteiger partial charge in [0.25, 0.3) is 0 Å². The summed E-state index contributed by atoms with van der Waals surface area (Å²) in [5.41, 5.74) is 7.71. The topological polar surface area (TPSA) is 64.3 Å². The Bertz CT molecular complexity index is 728. The number of methoxy groups -OCH3 is 1. The maximum Gasteiger partial charge on any atom is 0.240 e. The van der Waals surface area contributed by atoms with Gasteiger partial charge in [0.1, 0.15) is 11.9 Å². The van der Waals surface area contributed by atoms with E-state index in [2.05, 4.69) is 5.32 Å². The number of halogens is 3. The number of aryl methyl sites for hydroxylation is 1. The Balaban J connectivity index is 0.00000312. The Morgan fingerprint density at radius 1 is 1.32 bits per heavy atom. The molecule has 136 valence electrons. The first-order valence-electron chi connectivity index (χ1n) is 7.49. The number of ether oxygens (including phenoxy) is 1. The van der Waals surface area contributed by atoms with Gasteiger partial charge in [-0.2, -0.15) is 0 Å². The van der Waals surface area contributed by atoms with Crippen molar-refractivity contribution in [3.8, 4) is 0 Å². The maximum absolute atomic E-state index is 13.6. The molecule has 0 saturated heterocycles. The molecule has 7 heteroatoms. The second-order valence-electron chi connectivity index (χ2n) is 5.53. The number of benzene rings is 2. The molecule has 0 heterocycles. The van der Waals surface area contributed by atoms with Crippen molar-refractivity contribution in [1.82, 2.24) is 5.32 Å². The Labute approximate surface area is 157 Å². The van der Waals surface area contributed by atoms with Gasteiger partial charge in [0.2, 0.25) is 5.91 Å². The molecular formula is C18H21Cl2FN2O2. The Morgan fingerprint density at radius 2 is 2.00 bits per heavy atom. The number of rotatable bonds is 6. The lowest BCUT2D eigenvalue weighted by Gasteiger charge is -2.23. The van der Waals surface area contributed by atoms with E-state index >= 15 is 0 Å². The summed E-state index contributed by atoms with van der Waals surface area (Å²) < 4.78 is 18.5. The average molecular weight is 387 g/mol. The molecule has 0 saturated carbocycles. The summed E-state index contributed by atoms with van der Waals surface area (Å²) in [7, 11) is 1.47. The molecule has 0 bridgehead atoms. The molecule has 2 aromatic rings. The predicted octanol–water partition coefficient (Wildman–Crippen LogP) is 3.39.